The smallest absolute Gasteiger partial charge is 0.347 e. The summed E-state index contributed by atoms with van der Waals surface area (Å²) in [5.74, 6) is -9.52. The van der Waals surface area contributed by atoms with Gasteiger partial charge in [-0.05, 0) is 39.5 Å². The van der Waals surface area contributed by atoms with Gasteiger partial charge in [0.15, 0.2) is 11.8 Å². The maximum Gasteiger partial charge on any atom is 0.347 e. The summed E-state index contributed by atoms with van der Waals surface area (Å²) in [6, 6.07) is 4.46. The average molecular weight is 641 g/mol. The number of hydrogen-bond acceptors (Lipinski definition) is 13. The molecule has 0 amide bonds. The van der Waals surface area contributed by atoms with Crippen molar-refractivity contribution in [1.29, 1.82) is 0 Å². The van der Waals surface area contributed by atoms with Crippen molar-refractivity contribution in [3.05, 3.63) is 24.3 Å². The zero-order valence-corrected chi connectivity index (χ0v) is 26.8. The minimum Gasteiger partial charge on any atom is -0.492 e. The Hall–Kier alpha value is -4.40. The van der Waals surface area contributed by atoms with Gasteiger partial charge in [0.25, 0.3) is 0 Å². The molecule has 0 spiro atoms. The lowest BCUT2D eigenvalue weighted by molar-refractivity contribution is -0.175. The number of carbonyl (C=O) groups excluding carboxylic acids is 4. The van der Waals surface area contributed by atoms with E-state index in [1.807, 2.05) is 0 Å². The summed E-state index contributed by atoms with van der Waals surface area (Å²) in [5.41, 5.74) is -1.85. The first-order chi connectivity index (χ1) is 20.8. The van der Waals surface area contributed by atoms with Crippen LogP contribution < -0.4 is 9.68 Å². The third-order valence-electron chi connectivity index (χ3n) is 6.83. The van der Waals surface area contributed by atoms with Gasteiger partial charge in [0.1, 0.15) is 5.60 Å². The number of nitrogens with zero attached hydrogens (tertiary/aromatic N) is 2. The first kappa shape index (κ1) is 36.8. The van der Waals surface area contributed by atoms with Crippen molar-refractivity contribution in [1.82, 2.24) is 9.46 Å². The summed E-state index contributed by atoms with van der Waals surface area (Å²) in [6.45, 7) is 13.4. The second-order valence-electron chi connectivity index (χ2n) is 12.4. The molecule has 2 atom stereocenters. The van der Waals surface area contributed by atoms with E-state index in [9.17, 15) is 39.6 Å². The molecule has 2 unspecified atom stereocenters. The number of carbonyl (C=O) groups is 4. The van der Waals surface area contributed by atoms with E-state index in [1.54, 1.807) is 55.4 Å². The van der Waals surface area contributed by atoms with Gasteiger partial charge < -0.3 is 44.3 Å². The van der Waals surface area contributed by atoms with Gasteiger partial charge in [0, 0.05) is 37.1 Å². The summed E-state index contributed by atoms with van der Waals surface area (Å²) >= 11 is 0. The van der Waals surface area contributed by atoms with Crippen molar-refractivity contribution in [2.24, 2.45) is 23.7 Å². The Morgan fingerprint density at radius 3 is 1.40 bits per heavy atom. The minimum atomic E-state index is -1.34. The van der Waals surface area contributed by atoms with Gasteiger partial charge in [0.05, 0.1) is 18.8 Å². The van der Waals surface area contributed by atoms with E-state index >= 15 is 0 Å². The molecule has 0 aliphatic carbocycles. The highest BCUT2D eigenvalue weighted by atomic mass is 16.7. The molecule has 0 aliphatic heterocycles. The lowest BCUT2D eigenvalue weighted by Gasteiger charge is -2.31. The molecule has 0 aromatic carbocycles. The van der Waals surface area contributed by atoms with Crippen LogP contribution in [0.15, 0.2) is 24.3 Å². The Morgan fingerprint density at radius 1 is 0.622 bits per heavy atom. The Kier molecular flexibility index (Phi) is 12.3. The summed E-state index contributed by atoms with van der Waals surface area (Å²) in [4.78, 5) is 61.0. The number of esters is 2. The molecule has 0 bridgehead atoms. The summed E-state index contributed by atoms with van der Waals surface area (Å²) < 4.78 is 17.9. The van der Waals surface area contributed by atoms with E-state index in [0.29, 0.717) is 9.46 Å². The van der Waals surface area contributed by atoms with E-state index in [1.165, 1.54) is 0 Å². The predicted octanol–water partition coefficient (Wildman–Crippen LogP) is 2.71. The molecule has 252 valence electrons. The molecule has 2 rings (SSSR count). The van der Waals surface area contributed by atoms with E-state index in [0.717, 1.165) is 24.3 Å². The molecule has 2 aromatic heterocycles. The van der Waals surface area contributed by atoms with Crippen LogP contribution in [0, 0.1) is 23.7 Å². The van der Waals surface area contributed by atoms with Crippen molar-refractivity contribution in [3.63, 3.8) is 0 Å². The Bertz CT molecular complexity index is 1300. The van der Waals surface area contributed by atoms with Crippen LogP contribution in [0.25, 0.3) is 0 Å². The largest absolute Gasteiger partial charge is 0.492 e. The molecule has 2 aromatic rings. The number of aromatic hydroxyl groups is 4. The minimum absolute atomic E-state index is 0.0918. The zero-order valence-electron chi connectivity index (χ0n) is 26.8. The van der Waals surface area contributed by atoms with Gasteiger partial charge in [-0.2, -0.15) is 0 Å². The molecule has 0 saturated heterocycles. The SMILES string of the molecule is CC(C)C(C(=O)OCCC(C)(C)OCCC(C)(C)OC(=O)C(C(=O)On1c(O)ccc1O)C(C)C)C(=O)On1c(O)ccc1O. The number of hydrogen-bond donors (Lipinski definition) is 4. The van der Waals surface area contributed by atoms with Gasteiger partial charge in [-0.3, -0.25) is 9.59 Å². The van der Waals surface area contributed by atoms with Crippen LogP contribution in [0.4, 0.5) is 0 Å². The number of aromatic nitrogens is 2. The van der Waals surface area contributed by atoms with Gasteiger partial charge in [0.2, 0.25) is 23.5 Å². The first-order valence-corrected chi connectivity index (χ1v) is 14.4. The van der Waals surface area contributed by atoms with Gasteiger partial charge in [-0.25, -0.2) is 9.59 Å². The van der Waals surface area contributed by atoms with Crippen molar-refractivity contribution in [3.8, 4) is 23.5 Å². The molecule has 4 N–H and O–H groups in total. The van der Waals surface area contributed by atoms with Crippen molar-refractivity contribution in [2.45, 2.75) is 79.4 Å². The van der Waals surface area contributed by atoms with Crippen molar-refractivity contribution in [2.75, 3.05) is 13.2 Å². The molecular weight excluding hydrogens is 596 g/mol. The van der Waals surface area contributed by atoms with Gasteiger partial charge in [-0.1, -0.05) is 27.7 Å². The van der Waals surface area contributed by atoms with Crippen LogP contribution >= 0.6 is 0 Å². The molecule has 0 saturated carbocycles. The average Bonchev–Trinajstić information content (AvgIpc) is 3.37. The second kappa shape index (κ2) is 15.1. The molecule has 15 heteroatoms. The van der Waals surface area contributed by atoms with Crippen LogP contribution in [-0.2, 0) is 33.4 Å². The van der Waals surface area contributed by atoms with Crippen LogP contribution in [-0.4, -0.2) is 78.2 Å². The van der Waals surface area contributed by atoms with Crippen molar-refractivity contribution >= 4 is 23.9 Å². The van der Waals surface area contributed by atoms with E-state index < -0.39 is 82.3 Å². The monoisotopic (exact) mass is 640 g/mol. The predicted molar refractivity (Wildman–Crippen MR) is 156 cm³/mol. The lowest BCUT2D eigenvalue weighted by Crippen LogP contribution is -2.41. The lowest BCUT2D eigenvalue weighted by atomic mass is 9.95. The molecular formula is C30H44N2O13. The Morgan fingerprint density at radius 2 is 1.00 bits per heavy atom. The summed E-state index contributed by atoms with van der Waals surface area (Å²) in [7, 11) is 0. The fraction of sp³-hybridized carbons (Fsp3) is 0.600. The molecule has 45 heavy (non-hydrogen) atoms. The van der Waals surface area contributed by atoms with Crippen LogP contribution in [0.3, 0.4) is 0 Å². The number of rotatable bonds is 16. The fourth-order valence-electron chi connectivity index (χ4n) is 4.08. The molecule has 2 heterocycles. The summed E-state index contributed by atoms with van der Waals surface area (Å²) in [5, 5.41) is 38.9. The highest BCUT2D eigenvalue weighted by Gasteiger charge is 2.38. The zero-order chi connectivity index (χ0) is 34.3. The normalized spacial score (nSPS) is 13.4. The van der Waals surface area contributed by atoms with E-state index in [-0.39, 0.29) is 26.1 Å². The third kappa shape index (κ3) is 10.3. The molecule has 0 fully saturated rings. The van der Waals surface area contributed by atoms with Gasteiger partial charge >= 0.3 is 23.9 Å². The van der Waals surface area contributed by atoms with Crippen LogP contribution in [0.5, 0.6) is 23.5 Å². The maximum absolute atomic E-state index is 13.0. The second-order valence-corrected chi connectivity index (χ2v) is 12.4. The first-order valence-electron chi connectivity index (χ1n) is 14.4. The highest BCUT2D eigenvalue weighted by Crippen LogP contribution is 2.26. The van der Waals surface area contributed by atoms with Crippen LogP contribution in [0.2, 0.25) is 0 Å². The number of ether oxygens (including phenoxy) is 3. The summed E-state index contributed by atoms with van der Waals surface area (Å²) in [6.07, 6.45) is 0.486. The standard InChI is InChI=1S/C30H44N2O13/c1-17(2)23(27(39)44-31-19(33)9-10-20(31)34)25(37)41-15-13-29(5,6)42-16-14-30(7,8)43-26(38)24(18(3)4)28(40)45-32-21(35)11-12-22(32)36/h9-12,17-18,23-24,33-36H,13-16H2,1-8H3. The Balaban J connectivity index is 1.87. The van der Waals surface area contributed by atoms with Crippen molar-refractivity contribution < 1.29 is 63.5 Å². The van der Waals surface area contributed by atoms with Gasteiger partial charge in [-0.15, -0.1) is 9.46 Å². The fourth-order valence-corrected chi connectivity index (χ4v) is 4.08. The van der Waals surface area contributed by atoms with Crippen LogP contribution in [0.1, 0.15) is 68.2 Å². The quantitative estimate of drug-likeness (QED) is 0.154. The third-order valence-corrected chi connectivity index (χ3v) is 6.83. The van der Waals surface area contributed by atoms with E-state index in [4.69, 9.17) is 23.9 Å². The molecule has 0 radical (unpaired) electrons. The van der Waals surface area contributed by atoms with E-state index in [2.05, 4.69) is 0 Å². The maximum atomic E-state index is 13.0. The molecule has 0 aliphatic rings. The highest BCUT2D eigenvalue weighted by molar-refractivity contribution is 5.96. The Labute approximate surface area is 261 Å². The topological polar surface area (TPSA) is 205 Å². The molecule has 15 nitrogen and oxygen atoms in total.